The average molecular weight is 346 g/mol. The Morgan fingerprint density at radius 1 is 1.42 bits per heavy atom. The van der Waals surface area contributed by atoms with Crippen molar-refractivity contribution in [2.45, 2.75) is 45.2 Å². The van der Waals surface area contributed by atoms with Crippen molar-refractivity contribution >= 4 is 33.2 Å². The molecule has 1 N–H and O–H groups in total. The van der Waals surface area contributed by atoms with Crippen LogP contribution in [0.5, 0.6) is 0 Å². The van der Waals surface area contributed by atoms with Gasteiger partial charge in [0.05, 0.1) is 5.02 Å². The van der Waals surface area contributed by atoms with E-state index in [0.717, 1.165) is 29.0 Å². The highest BCUT2D eigenvalue weighted by Gasteiger charge is 2.26. The topological polar surface area (TPSA) is 15.3 Å². The van der Waals surface area contributed by atoms with E-state index in [1.807, 2.05) is 6.07 Å². The van der Waals surface area contributed by atoms with Crippen LogP contribution in [0, 0.1) is 0 Å². The van der Waals surface area contributed by atoms with Crippen LogP contribution >= 0.6 is 27.5 Å². The van der Waals surface area contributed by atoms with E-state index in [1.54, 1.807) is 0 Å². The normalized spacial score (nSPS) is 23.7. The molecule has 1 heterocycles. The third-order valence-electron chi connectivity index (χ3n) is 3.84. The quantitative estimate of drug-likeness (QED) is 0.866. The number of piperazine rings is 1. The Bertz CT molecular complexity index is 425. The van der Waals surface area contributed by atoms with Gasteiger partial charge in [-0.15, -0.1) is 0 Å². The van der Waals surface area contributed by atoms with Gasteiger partial charge in [-0.1, -0.05) is 31.9 Å². The lowest BCUT2D eigenvalue weighted by Crippen LogP contribution is -2.56. The maximum atomic E-state index is 6.23. The van der Waals surface area contributed by atoms with Crippen molar-refractivity contribution in [1.29, 1.82) is 0 Å². The van der Waals surface area contributed by atoms with Crippen LogP contribution in [0.15, 0.2) is 22.7 Å². The highest BCUT2D eigenvalue weighted by atomic mass is 79.9. The average Bonchev–Trinajstić information content (AvgIpc) is 2.42. The van der Waals surface area contributed by atoms with E-state index in [1.165, 1.54) is 18.5 Å². The third kappa shape index (κ3) is 3.65. The molecule has 2 rings (SSSR count). The van der Waals surface area contributed by atoms with Crippen LogP contribution in [0.1, 0.15) is 33.1 Å². The maximum Gasteiger partial charge on any atom is 0.0568 e. The monoisotopic (exact) mass is 344 g/mol. The van der Waals surface area contributed by atoms with Crippen LogP contribution in [0.4, 0.5) is 5.69 Å². The van der Waals surface area contributed by atoms with Gasteiger partial charge >= 0.3 is 0 Å². The summed E-state index contributed by atoms with van der Waals surface area (Å²) < 4.78 is 0.964. The van der Waals surface area contributed by atoms with Crippen molar-refractivity contribution in [2.75, 3.05) is 18.0 Å². The number of hydrogen-bond donors (Lipinski definition) is 1. The summed E-state index contributed by atoms with van der Waals surface area (Å²) in [5.74, 6) is 0. The molecular weight excluding hydrogens is 324 g/mol. The predicted molar refractivity (Wildman–Crippen MR) is 87.3 cm³/mol. The zero-order valence-electron chi connectivity index (χ0n) is 11.6. The zero-order chi connectivity index (χ0) is 13.8. The van der Waals surface area contributed by atoms with E-state index >= 15 is 0 Å². The Balaban J connectivity index is 2.19. The number of rotatable bonds is 4. The minimum absolute atomic E-state index is 0.561. The number of hydrogen-bond acceptors (Lipinski definition) is 2. The van der Waals surface area contributed by atoms with Crippen molar-refractivity contribution in [1.82, 2.24) is 5.32 Å². The van der Waals surface area contributed by atoms with E-state index in [0.29, 0.717) is 12.1 Å². The van der Waals surface area contributed by atoms with Gasteiger partial charge in [-0.3, -0.25) is 0 Å². The summed E-state index contributed by atoms with van der Waals surface area (Å²) in [4.78, 5) is 2.51. The van der Waals surface area contributed by atoms with Gasteiger partial charge in [0.25, 0.3) is 0 Å². The van der Waals surface area contributed by atoms with Crippen LogP contribution in [0.25, 0.3) is 0 Å². The van der Waals surface area contributed by atoms with Gasteiger partial charge in [-0.25, -0.2) is 0 Å². The molecule has 0 radical (unpaired) electrons. The number of nitrogens with one attached hydrogen (secondary N) is 1. The molecular formula is C15H22BrClN2. The van der Waals surface area contributed by atoms with Gasteiger partial charge in [0.2, 0.25) is 0 Å². The molecule has 19 heavy (non-hydrogen) atoms. The molecule has 1 aliphatic heterocycles. The molecule has 2 unspecified atom stereocenters. The Labute approximate surface area is 129 Å². The summed E-state index contributed by atoms with van der Waals surface area (Å²) in [6.07, 6.45) is 3.61. The predicted octanol–water partition coefficient (Wildman–Crippen LogP) is 4.46. The van der Waals surface area contributed by atoms with Crippen molar-refractivity contribution < 1.29 is 0 Å². The molecule has 0 aromatic heterocycles. The third-order valence-corrected chi connectivity index (χ3v) is 5.08. The molecule has 4 heteroatoms. The van der Waals surface area contributed by atoms with Crippen molar-refractivity contribution in [3.63, 3.8) is 0 Å². The summed E-state index contributed by atoms with van der Waals surface area (Å²) in [6.45, 7) is 6.63. The SMILES string of the molecule is CCCC1CN(c2ccc(Br)c(Cl)c2)C(CC)CN1. The molecule has 0 saturated carbocycles. The summed E-state index contributed by atoms with van der Waals surface area (Å²) in [6, 6.07) is 7.43. The van der Waals surface area contributed by atoms with E-state index in [-0.39, 0.29) is 0 Å². The Morgan fingerprint density at radius 3 is 2.84 bits per heavy atom. The molecule has 0 amide bonds. The highest BCUT2D eigenvalue weighted by Crippen LogP contribution is 2.30. The second-order valence-electron chi connectivity index (χ2n) is 5.21. The van der Waals surface area contributed by atoms with E-state index < -0.39 is 0 Å². The Kier molecular flexibility index (Phi) is 5.55. The molecule has 1 fully saturated rings. The van der Waals surface area contributed by atoms with Crippen molar-refractivity contribution in [3.8, 4) is 0 Å². The molecule has 1 aromatic rings. The largest absolute Gasteiger partial charge is 0.366 e. The van der Waals surface area contributed by atoms with Crippen LogP contribution in [0.2, 0.25) is 5.02 Å². The lowest BCUT2D eigenvalue weighted by molar-refractivity contribution is 0.369. The molecule has 1 saturated heterocycles. The second-order valence-corrected chi connectivity index (χ2v) is 6.47. The number of halogens is 2. The lowest BCUT2D eigenvalue weighted by Gasteiger charge is -2.42. The first-order valence-electron chi connectivity index (χ1n) is 7.10. The molecule has 2 nitrogen and oxygen atoms in total. The smallest absolute Gasteiger partial charge is 0.0568 e. The molecule has 0 bridgehead atoms. The maximum absolute atomic E-state index is 6.23. The van der Waals surface area contributed by atoms with Gasteiger partial charge in [0.15, 0.2) is 0 Å². The summed E-state index contributed by atoms with van der Waals surface area (Å²) in [7, 11) is 0. The van der Waals surface area contributed by atoms with Gasteiger partial charge in [0, 0.05) is 35.3 Å². The van der Waals surface area contributed by atoms with Crippen LogP contribution in [-0.4, -0.2) is 25.2 Å². The van der Waals surface area contributed by atoms with Crippen molar-refractivity contribution in [2.24, 2.45) is 0 Å². The first kappa shape index (κ1) is 15.1. The van der Waals surface area contributed by atoms with Gasteiger partial charge in [-0.2, -0.15) is 0 Å². The minimum Gasteiger partial charge on any atom is -0.366 e. The number of nitrogens with zero attached hydrogens (tertiary/aromatic N) is 1. The second kappa shape index (κ2) is 6.96. The molecule has 1 aromatic carbocycles. The summed E-state index contributed by atoms with van der Waals surface area (Å²) >= 11 is 9.69. The van der Waals surface area contributed by atoms with Crippen LogP contribution < -0.4 is 10.2 Å². The molecule has 2 atom stereocenters. The lowest BCUT2D eigenvalue weighted by atomic mass is 10.0. The summed E-state index contributed by atoms with van der Waals surface area (Å²) in [5.41, 5.74) is 1.24. The van der Waals surface area contributed by atoms with Crippen LogP contribution in [0.3, 0.4) is 0 Å². The first-order valence-corrected chi connectivity index (χ1v) is 8.27. The van der Waals surface area contributed by atoms with Gasteiger partial charge < -0.3 is 10.2 Å². The number of anilines is 1. The van der Waals surface area contributed by atoms with Gasteiger partial charge in [0.1, 0.15) is 0 Å². The Morgan fingerprint density at radius 2 is 2.21 bits per heavy atom. The molecule has 106 valence electrons. The van der Waals surface area contributed by atoms with E-state index in [9.17, 15) is 0 Å². The van der Waals surface area contributed by atoms with E-state index in [4.69, 9.17) is 11.6 Å². The molecule has 0 spiro atoms. The fourth-order valence-electron chi connectivity index (χ4n) is 2.75. The Hall–Kier alpha value is -0.250. The van der Waals surface area contributed by atoms with Crippen molar-refractivity contribution in [3.05, 3.63) is 27.7 Å². The molecule has 0 aliphatic carbocycles. The standard InChI is InChI=1S/C15H22BrClN2/c1-3-5-11-10-19(12(4-2)9-18-11)13-6-7-14(16)15(17)8-13/h6-8,11-12,18H,3-5,9-10H2,1-2H3. The first-order chi connectivity index (χ1) is 9.15. The van der Waals surface area contributed by atoms with Crippen LogP contribution in [-0.2, 0) is 0 Å². The van der Waals surface area contributed by atoms with E-state index in [2.05, 4.69) is 52.1 Å². The minimum atomic E-state index is 0.561. The van der Waals surface area contributed by atoms with Gasteiger partial charge in [-0.05, 0) is 47.0 Å². The summed E-state index contributed by atoms with van der Waals surface area (Å²) in [5, 5.41) is 4.45. The molecule has 1 aliphatic rings. The zero-order valence-corrected chi connectivity index (χ0v) is 14.0. The highest BCUT2D eigenvalue weighted by molar-refractivity contribution is 9.10. The number of benzene rings is 1. The fourth-order valence-corrected chi connectivity index (χ4v) is 3.17. The fraction of sp³-hybridized carbons (Fsp3) is 0.600.